The average Bonchev–Trinajstić information content (AvgIpc) is 3.07. The molecule has 0 aromatic heterocycles. The van der Waals surface area contributed by atoms with Crippen LogP contribution in [0.4, 0.5) is 0 Å². The SMILES string of the molecule is CCCCCCCCCCCCN(CC(O)CN(CCCCCCCCCCCC)C(=O)CC(O)(CC(=O)O)C(=O)O)C(=O)CC(O)(CC(=O)O)C(=O)O. The van der Waals surface area contributed by atoms with Crippen LogP contribution in [0.25, 0.3) is 0 Å². The fourth-order valence-electron chi connectivity index (χ4n) is 6.43. The van der Waals surface area contributed by atoms with Crippen molar-refractivity contribution in [1.29, 1.82) is 0 Å². The van der Waals surface area contributed by atoms with Crippen LogP contribution in [0.15, 0.2) is 0 Å². The summed E-state index contributed by atoms with van der Waals surface area (Å²) >= 11 is 0. The topological polar surface area (TPSA) is 251 Å². The van der Waals surface area contributed by atoms with Gasteiger partial charge in [0.05, 0.1) is 31.8 Å². The van der Waals surface area contributed by atoms with Gasteiger partial charge in [-0.05, 0) is 12.8 Å². The Balaban J connectivity index is 5.79. The predicted octanol–water partition coefficient (Wildman–Crippen LogP) is 5.21. The molecule has 0 bridgehead atoms. The van der Waals surface area contributed by atoms with Gasteiger partial charge in [-0.15, -0.1) is 0 Å². The second kappa shape index (κ2) is 29.0. The lowest BCUT2D eigenvalue weighted by molar-refractivity contribution is -0.169. The largest absolute Gasteiger partial charge is 0.481 e. The fourth-order valence-corrected chi connectivity index (χ4v) is 6.43. The summed E-state index contributed by atoms with van der Waals surface area (Å²) in [5.41, 5.74) is -5.79. The molecule has 0 radical (unpaired) electrons. The van der Waals surface area contributed by atoms with Gasteiger partial charge < -0.3 is 45.5 Å². The van der Waals surface area contributed by atoms with Gasteiger partial charge in [-0.1, -0.05) is 129 Å². The number of unbranched alkanes of at least 4 members (excludes halogenated alkanes) is 18. The monoisotopic (exact) mass is 774 g/mol. The Morgan fingerprint density at radius 3 is 0.944 bits per heavy atom. The van der Waals surface area contributed by atoms with E-state index in [4.69, 9.17) is 0 Å². The minimum atomic E-state index is -2.90. The van der Waals surface area contributed by atoms with Crippen LogP contribution in [0.5, 0.6) is 0 Å². The van der Waals surface area contributed by atoms with Crippen LogP contribution >= 0.6 is 0 Å². The first kappa shape index (κ1) is 50.7. The van der Waals surface area contributed by atoms with Crippen molar-refractivity contribution in [2.75, 3.05) is 26.2 Å². The Bertz CT molecular complexity index is 1040. The Morgan fingerprint density at radius 2 is 0.704 bits per heavy atom. The number of aliphatic carboxylic acids is 4. The van der Waals surface area contributed by atoms with Gasteiger partial charge in [0.1, 0.15) is 0 Å². The normalized spacial score (nSPS) is 14.1. The van der Waals surface area contributed by atoms with E-state index in [0.29, 0.717) is 25.7 Å². The summed E-state index contributed by atoms with van der Waals surface area (Å²) in [6.45, 7) is 3.59. The molecule has 0 aromatic rings. The van der Waals surface area contributed by atoms with Crippen molar-refractivity contribution >= 4 is 35.7 Å². The molecule has 2 atom stereocenters. The van der Waals surface area contributed by atoms with E-state index in [1.807, 2.05) is 0 Å². The first-order valence-corrected chi connectivity index (χ1v) is 20.1. The molecule has 0 aliphatic rings. The van der Waals surface area contributed by atoms with E-state index in [9.17, 15) is 64.5 Å². The molecule has 0 spiro atoms. The van der Waals surface area contributed by atoms with Crippen molar-refractivity contribution in [2.24, 2.45) is 0 Å². The number of carboxylic acids is 4. The van der Waals surface area contributed by atoms with Crippen LogP contribution in [0, 0.1) is 0 Å². The molecule has 7 N–H and O–H groups in total. The molecular formula is C39H70N2O13. The van der Waals surface area contributed by atoms with Crippen molar-refractivity contribution in [3.63, 3.8) is 0 Å². The van der Waals surface area contributed by atoms with Crippen LogP contribution in [-0.2, 0) is 28.8 Å². The molecule has 15 heteroatoms. The number of hydrogen-bond donors (Lipinski definition) is 7. The number of nitrogens with zero attached hydrogens (tertiary/aromatic N) is 2. The highest BCUT2D eigenvalue weighted by Crippen LogP contribution is 2.21. The Labute approximate surface area is 321 Å². The van der Waals surface area contributed by atoms with Crippen LogP contribution in [-0.4, -0.2) is 125 Å². The third-order valence-corrected chi connectivity index (χ3v) is 9.70. The Kier molecular flexibility index (Phi) is 27.3. The second-order valence-corrected chi connectivity index (χ2v) is 14.9. The van der Waals surface area contributed by atoms with E-state index in [1.54, 1.807) is 0 Å². The standard InChI is InChI=1S/C39H70N2O13/c1-3-5-7-9-11-13-15-17-19-21-23-40(32(43)25-38(53,36(49)50)27-34(45)46)29-31(42)30-41(24-22-20-18-16-14-12-10-8-6-4-2)33(44)26-39(54,37(51)52)28-35(47)48/h31,42,53-54H,3-30H2,1-2H3,(H,45,46)(H,47,48)(H,49,50)(H,51,52). The van der Waals surface area contributed by atoms with Gasteiger partial charge in [0.15, 0.2) is 11.2 Å². The predicted molar refractivity (Wildman–Crippen MR) is 202 cm³/mol. The number of amides is 2. The third-order valence-electron chi connectivity index (χ3n) is 9.70. The van der Waals surface area contributed by atoms with E-state index in [1.165, 1.54) is 51.4 Å². The van der Waals surface area contributed by atoms with Crippen molar-refractivity contribution in [1.82, 2.24) is 9.80 Å². The van der Waals surface area contributed by atoms with Crippen molar-refractivity contribution in [2.45, 2.75) is 185 Å². The molecule has 0 aromatic carbocycles. The van der Waals surface area contributed by atoms with Gasteiger partial charge in [0.25, 0.3) is 0 Å². The van der Waals surface area contributed by atoms with Crippen LogP contribution in [0.1, 0.15) is 168 Å². The third kappa shape index (κ3) is 23.5. The van der Waals surface area contributed by atoms with Gasteiger partial charge in [-0.2, -0.15) is 0 Å². The van der Waals surface area contributed by atoms with Gasteiger partial charge in [0.2, 0.25) is 11.8 Å². The maximum Gasteiger partial charge on any atom is 0.336 e. The van der Waals surface area contributed by atoms with E-state index >= 15 is 0 Å². The molecule has 2 amide bonds. The minimum absolute atomic E-state index is 0.0545. The minimum Gasteiger partial charge on any atom is -0.481 e. The number of hydrogen-bond acceptors (Lipinski definition) is 9. The molecule has 314 valence electrons. The zero-order valence-electron chi connectivity index (χ0n) is 32.9. The highest BCUT2D eigenvalue weighted by Gasteiger charge is 2.43. The zero-order chi connectivity index (χ0) is 41.0. The fraction of sp³-hybridized carbons (Fsp3) is 0.846. The summed E-state index contributed by atoms with van der Waals surface area (Å²) in [5, 5.41) is 69.7. The Hall–Kier alpha value is -3.30. The number of carboxylic acid groups (broad SMARTS) is 4. The number of aliphatic hydroxyl groups is 3. The lowest BCUT2D eigenvalue weighted by Crippen LogP contribution is -2.50. The summed E-state index contributed by atoms with van der Waals surface area (Å²) < 4.78 is 0. The molecular weight excluding hydrogens is 704 g/mol. The highest BCUT2D eigenvalue weighted by molar-refractivity contribution is 5.91. The van der Waals surface area contributed by atoms with Crippen molar-refractivity contribution < 1.29 is 64.5 Å². The van der Waals surface area contributed by atoms with E-state index < -0.39 is 91.8 Å². The van der Waals surface area contributed by atoms with E-state index in [0.717, 1.165) is 61.2 Å². The molecule has 0 saturated carbocycles. The lowest BCUT2D eigenvalue weighted by Gasteiger charge is -2.32. The number of rotatable bonds is 36. The molecule has 0 heterocycles. The van der Waals surface area contributed by atoms with E-state index in [-0.39, 0.29) is 13.1 Å². The van der Waals surface area contributed by atoms with Gasteiger partial charge in [-0.3, -0.25) is 19.2 Å². The maximum atomic E-state index is 13.4. The second-order valence-electron chi connectivity index (χ2n) is 14.9. The number of carbonyl (C=O) groups is 6. The molecule has 15 nitrogen and oxygen atoms in total. The first-order valence-electron chi connectivity index (χ1n) is 20.1. The molecule has 0 rings (SSSR count). The molecule has 0 fully saturated rings. The van der Waals surface area contributed by atoms with E-state index in [2.05, 4.69) is 13.8 Å². The number of carbonyl (C=O) groups excluding carboxylic acids is 2. The van der Waals surface area contributed by atoms with Gasteiger partial charge in [-0.25, -0.2) is 9.59 Å². The zero-order valence-corrected chi connectivity index (χ0v) is 32.9. The number of aliphatic hydroxyl groups excluding tert-OH is 1. The maximum absolute atomic E-state index is 13.4. The smallest absolute Gasteiger partial charge is 0.336 e. The molecule has 0 aliphatic carbocycles. The Morgan fingerprint density at radius 1 is 0.444 bits per heavy atom. The average molecular weight is 775 g/mol. The van der Waals surface area contributed by atoms with Gasteiger partial charge >= 0.3 is 23.9 Å². The summed E-state index contributed by atoms with van der Waals surface area (Å²) in [5.74, 6) is -8.86. The highest BCUT2D eigenvalue weighted by atomic mass is 16.4. The van der Waals surface area contributed by atoms with Crippen LogP contribution < -0.4 is 0 Å². The first-order chi connectivity index (χ1) is 25.5. The summed E-state index contributed by atoms with van der Waals surface area (Å²) in [6.07, 6.45) is 13.9. The van der Waals surface area contributed by atoms with Crippen molar-refractivity contribution in [3.8, 4) is 0 Å². The quantitative estimate of drug-likeness (QED) is 0.0405. The molecule has 54 heavy (non-hydrogen) atoms. The molecule has 0 aliphatic heterocycles. The summed E-state index contributed by atoms with van der Waals surface area (Å²) in [7, 11) is 0. The van der Waals surface area contributed by atoms with Gasteiger partial charge in [0, 0.05) is 26.2 Å². The molecule has 2 unspecified atom stereocenters. The van der Waals surface area contributed by atoms with Crippen LogP contribution in [0.2, 0.25) is 0 Å². The summed E-state index contributed by atoms with van der Waals surface area (Å²) in [6, 6.07) is 0. The lowest BCUT2D eigenvalue weighted by atomic mass is 9.94. The summed E-state index contributed by atoms with van der Waals surface area (Å²) in [4.78, 5) is 75.2. The molecule has 0 saturated heterocycles. The van der Waals surface area contributed by atoms with Crippen molar-refractivity contribution in [3.05, 3.63) is 0 Å². The van der Waals surface area contributed by atoms with Crippen LogP contribution in [0.3, 0.4) is 0 Å².